The van der Waals surface area contributed by atoms with Crippen LogP contribution in [-0.2, 0) is 9.53 Å². The number of ether oxygens (including phenoxy) is 3. The molecular weight excluding hydrogens is 398 g/mol. The van der Waals surface area contributed by atoms with Crippen LogP contribution in [0.1, 0.15) is 55.3 Å². The molecule has 2 amide bonds. The highest BCUT2D eigenvalue weighted by atomic mass is 16.5. The first-order valence-electron chi connectivity index (χ1n) is 11.4. The minimum atomic E-state index is -0.118. The third-order valence-corrected chi connectivity index (χ3v) is 7.02. The second kappa shape index (κ2) is 9.42. The Balaban J connectivity index is 1.30. The molecule has 4 heterocycles. The lowest BCUT2D eigenvalue weighted by Crippen LogP contribution is -2.51. The number of nitrogens with zero attached hydrogens (tertiary/aromatic N) is 3. The molecule has 1 aromatic heterocycles. The first-order chi connectivity index (χ1) is 15.0. The van der Waals surface area contributed by atoms with Crippen LogP contribution in [0.4, 0.5) is 0 Å². The summed E-state index contributed by atoms with van der Waals surface area (Å²) in [6.45, 7) is 3.55. The molecule has 0 N–H and O–H groups in total. The fourth-order valence-electron chi connectivity index (χ4n) is 5.05. The molecule has 0 saturated carbocycles. The van der Waals surface area contributed by atoms with Crippen LogP contribution in [0, 0.1) is 5.92 Å². The first kappa shape index (κ1) is 21.9. The first-order valence-corrected chi connectivity index (χ1v) is 11.4. The molecule has 0 atom stereocenters. The number of pyridine rings is 1. The van der Waals surface area contributed by atoms with E-state index in [1.165, 1.54) is 20.6 Å². The van der Waals surface area contributed by atoms with Crippen LogP contribution in [0.5, 0.6) is 11.8 Å². The topological polar surface area (TPSA) is 81.2 Å². The van der Waals surface area contributed by atoms with Gasteiger partial charge in [-0.3, -0.25) is 9.59 Å². The average molecular weight is 432 g/mol. The fourth-order valence-corrected chi connectivity index (χ4v) is 5.05. The summed E-state index contributed by atoms with van der Waals surface area (Å²) in [5.41, 5.74) is 0.429. The second-order valence-electron chi connectivity index (χ2n) is 8.79. The molecular formula is C23H33N3O5. The summed E-state index contributed by atoms with van der Waals surface area (Å²) in [4.78, 5) is 34.1. The van der Waals surface area contributed by atoms with Crippen LogP contribution in [0.3, 0.4) is 0 Å². The molecule has 170 valence electrons. The predicted octanol–water partition coefficient (Wildman–Crippen LogP) is 2.51. The van der Waals surface area contributed by atoms with E-state index < -0.39 is 0 Å². The van der Waals surface area contributed by atoms with E-state index >= 15 is 0 Å². The summed E-state index contributed by atoms with van der Waals surface area (Å²) >= 11 is 0. The SMILES string of the molecule is COc1ccc(C(=O)N2CCC(C(=O)N3CCC4(CCCCO4)CC3)CC2)c(OC)n1. The molecule has 3 saturated heterocycles. The maximum Gasteiger partial charge on any atom is 0.259 e. The van der Waals surface area contributed by atoms with E-state index in [1.54, 1.807) is 17.0 Å². The molecule has 1 aromatic rings. The van der Waals surface area contributed by atoms with Gasteiger partial charge in [-0.25, -0.2) is 0 Å². The van der Waals surface area contributed by atoms with Gasteiger partial charge in [-0.15, -0.1) is 0 Å². The molecule has 31 heavy (non-hydrogen) atoms. The summed E-state index contributed by atoms with van der Waals surface area (Å²) < 4.78 is 16.5. The van der Waals surface area contributed by atoms with Gasteiger partial charge >= 0.3 is 0 Å². The van der Waals surface area contributed by atoms with Crippen molar-refractivity contribution in [3.05, 3.63) is 17.7 Å². The van der Waals surface area contributed by atoms with Crippen molar-refractivity contribution in [2.45, 2.75) is 50.5 Å². The monoisotopic (exact) mass is 431 g/mol. The standard InChI is InChI=1S/C23H33N3O5/c1-29-19-6-5-18(20(24-19)30-2)22(28)25-12-7-17(8-13-25)21(27)26-14-10-23(11-15-26)9-3-4-16-31-23/h5-6,17H,3-4,7-16H2,1-2H3. The third kappa shape index (κ3) is 4.63. The van der Waals surface area contributed by atoms with Crippen molar-refractivity contribution < 1.29 is 23.8 Å². The van der Waals surface area contributed by atoms with E-state index in [0.29, 0.717) is 37.4 Å². The summed E-state index contributed by atoms with van der Waals surface area (Å²) in [6.07, 6.45) is 6.78. The number of hydrogen-bond acceptors (Lipinski definition) is 6. The minimum absolute atomic E-state index is 0.0102. The lowest BCUT2D eigenvalue weighted by molar-refractivity contribution is -0.147. The van der Waals surface area contributed by atoms with Gasteiger partial charge in [0.05, 0.1) is 19.8 Å². The van der Waals surface area contributed by atoms with Gasteiger partial charge in [-0.1, -0.05) is 0 Å². The number of carbonyl (C=O) groups is 2. The molecule has 3 fully saturated rings. The van der Waals surface area contributed by atoms with E-state index in [1.807, 2.05) is 4.90 Å². The van der Waals surface area contributed by atoms with E-state index in [9.17, 15) is 9.59 Å². The molecule has 0 aromatic carbocycles. The Bertz CT molecular complexity index is 790. The zero-order valence-corrected chi connectivity index (χ0v) is 18.6. The number of methoxy groups -OCH3 is 2. The molecule has 0 radical (unpaired) electrons. The summed E-state index contributed by atoms with van der Waals surface area (Å²) in [5.74, 6) is 0.768. The Morgan fingerprint density at radius 3 is 2.35 bits per heavy atom. The highest BCUT2D eigenvalue weighted by Gasteiger charge is 2.39. The van der Waals surface area contributed by atoms with E-state index in [2.05, 4.69) is 4.98 Å². The van der Waals surface area contributed by atoms with Gasteiger partial charge in [0, 0.05) is 44.8 Å². The molecule has 0 bridgehead atoms. The van der Waals surface area contributed by atoms with Gasteiger partial charge in [0.1, 0.15) is 5.56 Å². The predicted molar refractivity (Wildman–Crippen MR) is 114 cm³/mol. The molecule has 3 aliphatic rings. The van der Waals surface area contributed by atoms with Crippen molar-refractivity contribution in [1.29, 1.82) is 0 Å². The summed E-state index contributed by atoms with van der Waals surface area (Å²) in [5, 5.41) is 0. The summed E-state index contributed by atoms with van der Waals surface area (Å²) in [7, 11) is 3.01. The largest absolute Gasteiger partial charge is 0.481 e. The van der Waals surface area contributed by atoms with Crippen molar-refractivity contribution in [3.63, 3.8) is 0 Å². The van der Waals surface area contributed by atoms with Gasteiger partial charge < -0.3 is 24.0 Å². The van der Waals surface area contributed by atoms with Crippen LogP contribution in [0.2, 0.25) is 0 Å². The number of likely N-dealkylation sites (tertiary alicyclic amines) is 2. The Morgan fingerprint density at radius 1 is 1.00 bits per heavy atom. The van der Waals surface area contributed by atoms with Gasteiger partial charge in [0.15, 0.2) is 0 Å². The third-order valence-electron chi connectivity index (χ3n) is 7.02. The van der Waals surface area contributed by atoms with E-state index in [-0.39, 0.29) is 29.2 Å². The van der Waals surface area contributed by atoms with Gasteiger partial charge in [0.2, 0.25) is 17.7 Å². The normalized spacial score (nSPS) is 21.7. The lowest BCUT2D eigenvalue weighted by Gasteiger charge is -2.45. The van der Waals surface area contributed by atoms with Gasteiger partial charge in [-0.05, 0) is 51.0 Å². The van der Waals surface area contributed by atoms with Crippen molar-refractivity contribution in [2.24, 2.45) is 5.92 Å². The Kier molecular flexibility index (Phi) is 6.65. The lowest BCUT2D eigenvalue weighted by atomic mass is 9.84. The van der Waals surface area contributed by atoms with E-state index in [4.69, 9.17) is 14.2 Å². The van der Waals surface area contributed by atoms with Crippen molar-refractivity contribution in [3.8, 4) is 11.8 Å². The minimum Gasteiger partial charge on any atom is -0.481 e. The van der Waals surface area contributed by atoms with Crippen LogP contribution in [-0.4, -0.2) is 79.2 Å². The maximum absolute atomic E-state index is 13.1. The van der Waals surface area contributed by atoms with Crippen molar-refractivity contribution in [2.75, 3.05) is 47.0 Å². The molecule has 8 heteroatoms. The summed E-state index contributed by atoms with van der Waals surface area (Å²) in [6, 6.07) is 3.34. The van der Waals surface area contributed by atoms with Crippen molar-refractivity contribution in [1.82, 2.24) is 14.8 Å². The number of piperidine rings is 2. The number of rotatable bonds is 4. The average Bonchev–Trinajstić information content (AvgIpc) is 2.84. The molecule has 0 aliphatic carbocycles. The van der Waals surface area contributed by atoms with E-state index in [0.717, 1.165) is 45.4 Å². The Hall–Kier alpha value is -2.35. The van der Waals surface area contributed by atoms with Crippen LogP contribution in [0.15, 0.2) is 12.1 Å². The number of aromatic nitrogens is 1. The van der Waals surface area contributed by atoms with Crippen LogP contribution >= 0.6 is 0 Å². The number of amides is 2. The van der Waals surface area contributed by atoms with Crippen LogP contribution < -0.4 is 9.47 Å². The molecule has 0 unspecified atom stereocenters. The highest BCUT2D eigenvalue weighted by molar-refractivity contribution is 5.96. The zero-order valence-electron chi connectivity index (χ0n) is 18.6. The van der Waals surface area contributed by atoms with Crippen LogP contribution in [0.25, 0.3) is 0 Å². The van der Waals surface area contributed by atoms with Gasteiger partial charge in [0.25, 0.3) is 5.91 Å². The smallest absolute Gasteiger partial charge is 0.259 e. The number of hydrogen-bond donors (Lipinski definition) is 0. The van der Waals surface area contributed by atoms with Crippen molar-refractivity contribution >= 4 is 11.8 Å². The number of carbonyl (C=O) groups excluding carboxylic acids is 2. The Labute approximate surface area is 183 Å². The maximum atomic E-state index is 13.1. The molecule has 4 rings (SSSR count). The highest BCUT2D eigenvalue weighted by Crippen LogP contribution is 2.35. The zero-order chi connectivity index (χ0) is 21.8. The molecule has 3 aliphatic heterocycles. The molecule has 1 spiro atoms. The Morgan fingerprint density at radius 2 is 1.74 bits per heavy atom. The fraction of sp³-hybridized carbons (Fsp3) is 0.696. The second-order valence-corrected chi connectivity index (χ2v) is 8.79. The molecule has 8 nitrogen and oxygen atoms in total. The van der Waals surface area contributed by atoms with Gasteiger partial charge in [-0.2, -0.15) is 4.98 Å². The quantitative estimate of drug-likeness (QED) is 0.729.